The van der Waals surface area contributed by atoms with Gasteiger partial charge in [-0.2, -0.15) is 13.2 Å². The van der Waals surface area contributed by atoms with E-state index in [1.807, 2.05) is 6.92 Å². The van der Waals surface area contributed by atoms with E-state index in [9.17, 15) is 13.2 Å². The maximum Gasteiger partial charge on any atom is 0.422 e. The molecule has 0 aliphatic heterocycles. The molecular formula is C10H11ClF3NO. The molecule has 0 aliphatic rings. The maximum atomic E-state index is 11.9. The van der Waals surface area contributed by atoms with Gasteiger partial charge in [-0.25, -0.2) is 4.98 Å². The first-order valence-corrected chi connectivity index (χ1v) is 5.14. The quantitative estimate of drug-likeness (QED) is 0.817. The van der Waals surface area contributed by atoms with Crippen LogP contribution in [-0.4, -0.2) is 17.8 Å². The summed E-state index contributed by atoms with van der Waals surface area (Å²) in [6.07, 6.45) is -1.21. The first-order chi connectivity index (χ1) is 7.42. The van der Waals surface area contributed by atoms with Gasteiger partial charge in [0.15, 0.2) is 6.61 Å². The Morgan fingerprint density at radius 2 is 2.12 bits per heavy atom. The number of rotatable bonds is 4. The average molecular weight is 254 g/mol. The molecule has 90 valence electrons. The lowest BCUT2D eigenvalue weighted by Crippen LogP contribution is -2.19. The molecule has 0 N–H and O–H groups in total. The number of aromatic nitrogens is 1. The van der Waals surface area contributed by atoms with Gasteiger partial charge >= 0.3 is 6.18 Å². The van der Waals surface area contributed by atoms with Crippen LogP contribution < -0.4 is 4.74 Å². The van der Waals surface area contributed by atoms with Crippen LogP contribution >= 0.6 is 11.6 Å². The zero-order chi connectivity index (χ0) is 12.2. The molecule has 1 rings (SSSR count). The van der Waals surface area contributed by atoms with E-state index in [0.717, 1.165) is 18.4 Å². The molecule has 0 radical (unpaired) electrons. The molecule has 6 heteroatoms. The number of pyridine rings is 1. The van der Waals surface area contributed by atoms with E-state index in [-0.39, 0.29) is 10.9 Å². The summed E-state index contributed by atoms with van der Waals surface area (Å²) in [6, 6.07) is 1.57. The molecule has 1 aromatic rings. The second kappa shape index (κ2) is 5.39. The van der Waals surface area contributed by atoms with Gasteiger partial charge in [-0.1, -0.05) is 24.9 Å². The van der Waals surface area contributed by atoms with Crippen molar-refractivity contribution in [3.05, 3.63) is 22.8 Å². The second-order valence-electron chi connectivity index (χ2n) is 3.28. The molecule has 0 saturated carbocycles. The van der Waals surface area contributed by atoms with E-state index < -0.39 is 12.8 Å². The fraction of sp³-hybridized carbons (Fsp3) is 0.500. The molecular weight excluding hydrogens is 243 g/mol. The van der Waals surface area contributed by atoms with Gasteiger partial charge < -0.3 is 4.74 Å². The second-order valence-corrected chi connectivity index (χ2v) is 3.69. The summed E-state index contributed by atoms with van der Waals surface area (Å²) in [5, 5.41) is 0.107. The van der Waals surface area contributed by atoms with Crippen molar-refractivity contribution in [3.63, 3.8) is 0 Å². The minimum atomic E-state index is -4.38. The summed E-state index contributed by atoms with van der Waals surface area (Å²) >= 11 is 5.74. The molecule has 16 heavy (non-hydrogen) atoms. The predicted molar refractivity (Wildman–Crippen MR) is 54.8 cm³/mol. The molecule has 0 fully saturated rings. The fourth-order valence-electron chi connectivity index (χ4n) is 1.15. The van der Waals surface area contributed by atoms with Gasteiger partial charge in [0.2, 0.25) is 5.88 Å². The summed E-state index contributed by atoms with van der Waals surface area (Å²) in [4.78, 5) is 3.75. The largest absolute Gasteiger partial charge is 0.467 e. The molecule has 0 atom stereocenters. The number of hydrogen-bond acceptors (Lipinski definition) is 2. The summed E-state index contributed by atoms with van der Waals surface area (Å²) in [5.74, 6) is -0.182. The number of ether oxygens (including phenoxy) is 1. The summed E-state index contributed by atoms with van der Waals surface area (Å²) in [6.45, 7) is 0.606. The molecule has 0 amide bonds. The molecule has 0 bridgehead atoms. The number of aryl methyl sites for hydroxylation is 1. The van der Waals surface area contributed by atoms with Crippen LogP contribution in [0.3, 0.4) is 0 Å². The van der Waals surface area contributed by atoms with E-state index >= 15 is 0 Å². The van der Waals surface area contributed by atoms with E-state index in [0.29, 0.717) is 0 Å². The summed E-state index contributed by atoms with van der Waals surface area (Å²) < 4.78 is 40.1. The highest BCUT2D eigenvalue weighted by Crippen LogP contribution is 2.25. The first kappa shape index (κ1) is 13.1. The van der Waals surface area contributed by atoms with Crippen LogP contribution in [-0.2, 0) is 6.42 Å². The highest BCUT2D eigenvalue weighted by Gasteiger charge is 2.29. The Labute approximate surface area is 96.4 Å². The third kappa shape index (κ3) is 4.26. The topological polar surface area (TPSA) is 22.1 Å². The van der Waals surface area contributed by atoms with Crippen molar-refractivity contribution in [2.75, 3.05) is 6.61 Å². The van der Waals surface area contributed by atoms with E-state index in [2.05, 4.69) is 9.72 Å². The molecule has 1 aromatic heterocycles. The summed E-state index contributed by atoms with van der Waals surface area (Å²) in [5.41, 5.74) is 0.881. The minimum absolute atomic E-state index is 0.107. The zero-order valence-electron chi connectivity index (χ0n) is 8.64. The Morgan fingerprint density at radius 3 is 2.62 bits per heavy atom. The molecule has 0 aromatic carbocycles. The van der Waals surface area contributed by atoms with Gasteiger partial charge in [0.25, 0.3) is 0 Å². The number of nitrogens with zero attached hydrogens (tertiary/aromatic N) is 1. The molecule has 0 spiro atoms. The highest BCUT2D eigenvalue weighted by atomic mass is 35.5. The van der Waals surface area contributed by atoms with Crippen molar-refractivity contribution in [2.24, 2.45) is 0 Å². The monoisotopic (exact) mass is 253 g/mol. The SMILES string of the molecule is CCCc1cnc(OCC(F)(F)F)c(Cl)c1. The minimum Gasteiger partial charge on any atom is -0.467 e. The van der Waals surface area contributed by atoms with Crippen LogP contribution in [0.25, 0.3) is 0 Å². The van der Waals surface area contributed by atoms with Gasteiger partial charge in [-0.05, 0) is 18.1 Å². The molecule has 0 unspecified atom stereocenters. The standard InChI is InChI=1S/C10H11ClF3NO/c1-2-3-7-4-8(11)9(15-5-7)16-6-10(12,13)14/h4-5H,2-3,6H2,1H3. The smallest absolute Gasteiger partial charge is 0.422 e. The lowest BCUT2D eigenvalue weighted by atomic mass is 10.2. The molecule has 2 nitrogen and oxygen atoms in total. The number of alkyl halides is 3. The number of hydrogen-bond donors (Lipinski definition) is 0. The third-order valence-electron chi connectivity index (χ3n) is 1.78. The van der Waals surface area contributed by atoms with Crippen LogP contribution in [0, 0.1) is 0 Å². The van der Waals surface area contributed by atoms with Crippen LogP contribution in [0.4, 0.5) is 13.2 Å². The fourth-order valence-corrected chi connectivity index (χ4v) is 1.39. The van der Waals surface area contributed by atoms with Gasteiger partial charge in [-0.3, -0.25) is 0 Å². The third-order valence-corrected chi connectivity index (χ3v) is 2.05. The van der Waals surface area contributed by atoms with Crippen molar-refractivity contribution in [1.29, 1.82) is 0 Å². The highest BCUT2D eigenvalue weighted by molar-refractivity contribution is 6.31. The van der Waals surface area contributed by atoms with Gasteiger partial charge in [0, 0.05) is 6.20 Å². The maximum absolute atomic E-state index is 11.9. The Morgan fingerprint density at radius 1 is 1.44 bits per heavy atom. The Balaban J connectivity index is 2.68. The van der Waals surface area contributed by atoms with E-state index in [1.54, 1.807) is 6.07 Å². The Bertz CT molecular complexity index is 354. The first-order valence-electron chi connectivity index (χ1n) is 4.76. The van der Waals surface area contributed by atoms with Crippen molar-refractivity contribution >= 4 is 11.6 Å². The zero-order valence-corrected chi connectivity index (χ0v) is 9.40. The molecule has 1 heterocycles. The van der Waals surface area contributed by atoms with Crippen molar-refractivity contribution in [2.45, 2.75) is 25.9 Å². The van der Waals surface area contributed by atoms with Gasteiger partial charge in [-0.15, -0.1) is 0 Å². The van der Waals surface area contributed by atoms with Crippen molar-refractivity contribution in [3.8, 4) is 5.88 Å². The van der Waals surface area contributed by atoms with Gasteiger partial charge in [0.05, 0.1) is 0 Å². The van der Waals surface area contributed by atoms with Crippen LogP contribution in [0.5, 0.6) is 5.88 Å². The Kier molecular flexibility index (Phi) is 4.41. The van der Waals surface area contributed by atoms with E-state index in [1.165, 1.54) is 6.20 Å². The number of halogens is 4. The van der Waals surface area contributed by atoms with Crippen molar-refractivity contribution < 1.29 is 17.9 Å². The molecule has 0 aliphatic carbocycles. The normalized spacial score (nSPS) is 11.6. The van der Waals surface area contributed by atoms with Crippen LogP contribution in [0.15, 0.2) is 12.3 Å². The van der Waals surface area contributed by atoms with E-state index in [4.69, 9.17) is 11.6 Å². The van der Waals surface area contributed by atoms with Gasteiger partial charge in [0.1, 0.15) is 5.02 Å². The Hall–Kier alpha value is -0.970. The predicted octanol–water partition coefficient (Wildman–Crippen LogP) is 3.63. The average Bonchev–Trinajstić information content (AvgIpc) is 2.15. The lowest BCUT2D eigenvalue weighted by Gasteiger charge is -2.10. The van der Waals surface area contributed by atoms with Crippen molar-refractivity contribution in [1.82, 2.24) is 4.98 Å². The summed E-state index contributed by atoms with van der Waals surface area (Å²) in [7, 11) is 0. The lowest BCUT2D eigenvalue weighted by molar-refractivity contribution is -0.154. The van der Waals surface area contributed by atoms with Crippen LogP contribution in [0.2, 0.25) is 5.02 Å². The molecule has 0 saturated heterocycles. The van der Waals surface area contributed by atoms with Crippen LogP contribution in [0.1, 0.15) is 18.9 Å².